The van der Waals surface area contributed by atoms with Crippen molar-refractivity contribution in [1.82, 2.24) is 9.97 Å². The molecule has 1 N–H and O–H groups in total. The Labute approximate surface area is 155 Å². The molecule has 0 saturated carbocycles. The van der Waals surface area contributed by atoms with E-state index in [0.29, 0.717) is 11.9 Å². The highest BCUT2D eigenvalue weighted by Crippen LogP contribution is 2.36. The van der Waals surface area contributed by atoms with E-state index in [1.54, 1.807) is 17.4 Å². The van der Waals surface area contributed by atoms with Gasteiger partial charge < -0.3 is 14.7 Å². The first kappa shape index (κ1) is 17.2. The van der Waals surface area contributed by atoms with Crippen molar-refractivity contribution in [3.63, 3.8) is 0 Å². The van der Waals surface area contributed by atoms with E-state index >= 15 is 0 Å². The van der Waals surface area contributed by atoms with Gasteiger partial charge in [0, 0.05) is 28.9 Å². The number of nitrogens with zero attached hydrogens (tertiary/aromatic N) is 3. The van der Waals surface area contributed by atoms with Crippen LogP contribution in [0.3, 0.4) is 0 Å². The first-order valence-electron chi connectivity index (χ1n) is 8.63. The average molecular weight is 373 g/mol. The molecule has 0 bridgehead atoms. The van der Waals surface area contributed by atoms with Crippen LogP contribution in [0.25, 0.3) is 10.9 Å². The fraction of sp³-hybridized carbons (Fsp3) is 0.368. The number of hydrogen-bond donors (Lipinski definition) is 1. The van der Waals surface area contributed by atoms with E-state index < -0.39 is 11.9 Å². The largest absolute Gasteiger partial charge is 0.494 e. The SMILES string of the molecule is COc1cc2c(N3CCCC3CC(O)c3cccs3)ncnc2cc1F. The van der Waals surface area contributed by atoms with Crippen molar-refractivity contribution in [3.8, 4) is 5.75 Å². The van der Waals surface area contributed by atoms with Gasteiger partial charge in [0.25, 0.3) is 0 Å². The van der Waals surface area contributed by atoms with Crippen molar-refractivity contribution >= 4 is 28.1 Å². The van der Waals surface area contributed by atoms with E-state index in [4.69, 9.17) is 4.74 Å². The molecule has 3 heterocycles. The highest BCUT2D eigenvalue weighted by Gasteiger charge is 2.30. The number of methoxy groups -OCH3 is 1. The van der Waals surface area contributed by atoms with Crippen LogP contribution in [0.15, 0.2) is 36.0 Å². The van der Waals surface area contributed by atoms with E-state index in [-0.39, 0.29) is 11.8 Å². The summed E-state index contributed by atoms with van der Waals surface area (Å²) in [6, 6.07) is 7.13. The number of anilines is 1. The van der Waals surface area contributed by atoms with Gasteiger partial charge in [-0.05, 0) is 36.8 Å². The number of thiophene rings is 1. The summed E-state index contributed by atoms with van der Waals surface area (Å²) in [5.74, 6) is 0.521. The van der Waals surface area contributed by atoms with E-state index in [1.807, 2.05) is 17.5 Å². The summed E-state index contributed by atoms with van der Waals surface area (Å²) in [5.41, 5.74) is 0.553. The van der Waals surface area contributed by atoms with Gasteiger partial charge in [0.1, 0.15) is 12.1 Å². The number of aliphatic hydroxyl groups excluding tert-OH is 1. The second kappa shape index (κ2) is 7.17. The molecular formula is C19H20FN3O2S. The van der Waals surface area contributed by atoms with Crippen molar-refractivity contribution in [2.24, 2.45) is 0 Å². The lowest BCUT2D eigenvalue weighted by atomic mass is 10.1. The van der Waals surface area contributed by atoms with Gasteiger partial charge in [-0.2, -0.15) is 0 Å². The maximum Gasteiger partial charge on any atom is 0.167 e. The van der Waals surface area contributed by atoms with Gasteiger partial charge in [0.2, 0.25) is 0 Å². The highest BCUT2D eigenvalue weighted by molar-refractivity contribution is 7.10. The number of hydrogen-bond acceptors (Lipinski definition) is 6. The maximum absolute atomic E-state index is 14.0. The first-order chi connectivity index (χ1) is 12.7. The van der Waals surface area contributed by atoms with Crippen LogP contribution in [0.4, 0.5) is 10.2 Å². The zero-order chi connectivity index (χ0) is 18.1. The Morgan fingerprint density at radius 3 is 3.08 bits per heavy atom. The fourth-order valence-corrected chi connectivity index (χ4v) is 4.37. The standard InChI is InChI=1S/C19H20FN3O2S/c1-25-17-9-13-15(10-14(17)20)21-11-22-19(13)23-6-2-4-12(23)8-16(24)18-5-3-7-26-18/h3,5,7,9-12,16,24H,2,4,6,8H2,1H3. The predicted octanol–water partition coefficient (Wildman–Crippen LogP) is 3.93. The zero-order valence-corrected chi connectivity index (χ0v) is 15.2. The quantitative estimate of drug-likeness (QED) is 0.734. The Bertz CT molecular complexity index is 903. The minimum atomic E-state index is -0.485. The summed E-state index contributed by atoms with van der Waals surface area (Å²) in [7, 11) is 1.45. The van der Waals surface area contributed by atoms with Crippen molar-refractivity contribution in [2.75, 3.05) is 18.6 Å². The predicted molar refractivity (Wildman–Crippen MR) is 100 cm³/mol. The third-order valence-corrected chi connectivity index (χ3v) is 5.88. The molecule has 2 unspecified atom stereocenters. The molecule has 26 heavy (non-hydrogen) atoms. The summed E-state index contributed by atoms with van der Waals surface area (Å²) >= 11 is 1.57. The Hall–Kier alpha value is -2.25. The molecular weight excluding hydrogens is 353 g/mol. The second-order valence-electron chi connectivity index (χ2n) is 6.46. The number of halogens is 1. The van der Waals surface area contributed by atoms with E-state index in [2.05, 4.69) is 14.9 Å². The van der Waals surface area contributed by atoms with E-state index in [0.717, 1.165) is 35.5 Å². The molecule has 4 rings (SSSR count). The van der Waals surface area contributed by atoms with Crippen LogP contribution in [-0.2, 0) is 0 Å². The first-order valence-corrected chi connectivity index (χ1v) is 9.51. The molecule has 5 nitrogen and oxygen atoms in total. The Kier molecular flexibility index (Phi) is 4.74. The van der Waals surface area contributed by atoms with Crippen LogP contribution in [0.1, 0.15) is 30.2 Å². The molecule has 1 aliphatic heterocycles. The van der Waals surface area contributed by atoms with Crippen LogP contribution in [0.5, 0.6) is 5.75 Å². The van der Waals surface area contributed by atoms with Gasteiger partial charge >= 0.3 is 0 Å². The second-order valence-corrected chi connectivity index (χ2v) is 7.44. The molecule has 1 saturated heterocycles. The normalized spacial score (nSPS) is 18.4. The van der Waals surface area contributed by atoms with Gasteiger partial charge in [0.05, 0.1) is 18.7 Å². The Morgan fingerprint density at radius 2 is 2.31 bits per heavy atom. The van der Waals surface area contributed by atoms with Gasteiger partial charge in [-0.25, -0.2) is 14.4 Å². The van der Waals surface area contributed by atoms with Gasteiger partial charge in [0.15, 0.2) is 11.6 Å². The van der Waals surface area contributed by atoms with Gasteiger partial charge in [-0.1, -0.05) is 6.07 Å². The number of benzene rings is 1. The summed E-state index contributed by atoms with van der Waals surface area (Å²) in [4.78, 5) is 11.9. The number of ether oxygens (including phenoxy) is 1. The zero-order valence-electron chi connectivity index (χ0n) is 14.4. The summed E-state index contributed by atoms with van der Waals surface area (Å²) in [5, 5.41) is 13.3. The number of aromatic nitrogens is 2. The smallest absolute Gasteiger partial charge is 0.167 e. The van der Waals surface area contributed by atoms with Crippen molar-refractivity contribution in [3.05, 3.63) is 46.7 Å². The number of rotatable bonds is 5. The molecule has 0 spiro atoms. The molecule has 1 aliphatic rings. The molecule has 0 aliphatic carbocycles. The summed E-state index contributed by atoms with van der Waals surface area (Å²) in [6.45, 7) is 0.855. The van der Waals surface area contributed by atoms with Crippen molar-refractivity contribution < 1.29 is 14.2 Å². The Balaban J connectivity index is 1.67. The minimum absolute atomic E-state index is 0.182. The van der Waals surface area contributed by atoms with Crippen molar-refractivity contribution in [2.45, 2.75) is 31.4 Å². The monoisotopic (exact) mass is 373 g/mol. The number of fused-ring (bicyclic) bond motifs is 1. The molecule has 3 aromatic rings. The molecule has 7 heteroatoms. The molecule has 0 amide bonds. The van der Waals surface area contributed by atoms with Crippen LogP contribution in [0, 0.1) is 5.82 Å². The third kappa shape index (κ3) is 3.12. The van der Waals surface area contributed by atoms with Crippen LogP contribution >= 0.6 is 11.3 Å². The van der Waals surface area contributed by atoms with E-state index in [1.165, 1.54) is 19.5 Å². The molecule has 1 fully saturated rings. The van der Waals surface area contributed by atoms with Gasteiger partial charge in [-0.15, -0.1) is 11.3 Å². The third-order valence-electron chi connectivity index (χ3n) is 4.90. The molecule has 136 valence electrons. The molecule has 0 radical (unpaired) electrons. The van der Waals surface area contributed by atoms with E-state index in [9.17, 15) is 9.50 Å². The van der Waals surface area contributed by atoms with Gasteiger partial charge in [-0.3, -0.25) is 0 Å². The fourth-order valence-electron chi connectivity index (χ4n) is 3.64. The highest BCUT2D eigenvalue weighted by atomic mass is 32.1. The molecule has 1 aromatic carbocycles. The van der Waals surface area contributed by atoms with Crippen molar-refractivity contribution in [1.29, 1.82) is 0 Å². The maximum atomic E-state index is 14.0. The lowest BCUT2D eigenvalue weighted by molar-refractivity contribution is 0.161. The number of aliphatic hydroxyl groups is 1. The minimum Gasteiger partial charge on any atom is -0.494 e. The summed E-state index contributed by atoms with van der Waals surface area (Å²) in [6.07, 6.45) is 3.65. The van der Waals surface area contributed by atoms with Crippen LogP contribution < -0.4 is 9.64 Å². The molecule has 2 atom stereocenters. The molecule has 2 aromatic heterocycles. The average Bonchev–Trinajstić information content (AvgIpc) is 3.32. The lowest BCUT2D eigenvalue weighted by Crippen LogP contribution is -2.31. The van der Waals surface area contributed by atoms with Crippen LogP contribution in [-0.4, -0.2) is 34.8 Å². The van der Waals surface area contributed by atoms with Crippen LogP contribution in [0.2, 0.25) is 0 Å². The lowest BCUT2D eigenvalue weighted by Gasteiger charge is -2.28. The Morgan fingerprint density at radius 1 is 1.42 bits per heavy atom. The topological polar surface area (TPSA) is 58.5 Å². The summed E-state index contributed by atoms with van der Waals surface area (Å²) < 4.78 is 19.1.